The number of hydrogen-bond donors (Lipinski definition) is 1. The van der Waals surface area contributed by atoms with E-state index in [0.29, 0.717) is 10.5 Å². The fourth-order valence-corrected chi connectivity index (χ4v) is 6.65. The van der Waals surface area contributed by atoms with E-state index in [1.807, 2.05) is 18.2 Å². The average molecular weight is 323 g/mol. The number of anilines is 1. The van der Waals surface area contributed by atoms with Crippen LogP contribution in [0.5, 0.6) is 0 Å². The van der Waals surface area contributed by atoms with Gasteiger partial charge in [-0.15, -0.1) is 23.1 Å². The molecule has 0 aliphatic carbocycles. The van der Waals surface area contributed by atoms with E-state index in [1.165, 1.54) is 22.9 Å². The fraction of sp³-hybridized carbons (Fsp3) is 0.400. The van der Waals surface area contributed by atoms with Crippen LogP contribution in [0.1, 0.15) is 23.6 Å². The third-order valence-corrected chi connectivity index (χ3v) is 7.73. The molecule has 1 saturated heterocycles. The predicted octanol–water partition coefficient (Wildman–Crippen LogP) is 4.69. The highest BCUT2D eigenvalue weighted by Crippen LogP contribution is 2.45. The number of rotatable bonds is 3. The molecule has 2 nitrogen and oxygen atoms in total. The van der Waals surface area contributed by atoms with Crippen LogP contribution in [-0.2, 0) is 0 Å². The third kappa shape index (κ3) is 3.00. The van der Waals surface area contributed by atoms with Crippen LogP contribution in [-0.4, -0.2) is 21.7 Å². The first-order valence-electron chi connectivity index (χ1n) is 6.82. The Kier molecular flexibility index (Phi) is 4.58. The molecule has 2 heterocycles. The zero-order valence-electron chi connectivity index (χ0n) is 11.4. The molecule has 0 saturated carbocycles. The molecule has 1 aliphatic heterocycles. The van der Waals surface area contributed by atoms with E-state index >= 15 is 0 Å². The molecule has 0 amide bonds. The van der Waals surface area contributed by atoms with E-state index in [4.69, 9.17) is 10.7 Å². The normalized spacial score (nSPS) is 22.9. The topological polar surface area (TPSA) is 38.9 Å². The summed E-state index contributed by atoms with van der Waals surface area (Å²) in [5.74, 6) is 2.51. The lowest BCUT2D eigenvalue weighted by molar-refractivity contribution is 0.789. The fourth-order valence-electron chi connectivity index (χ4n) is 2.38. The number of nitrogen functional groups attached to an aromatic ring is 1. The van der Waals surface area contributed by atoms with Crippen molar-refractivity contribution in [3.8, 4) is 11.3 Å². The molecule has 0 radical (unpaired) electrons. The maximum Gasteiger partial charge on any atom is 0.107 e. The molecule has 2 unspecified atom stereocenters. The Hall–Kier alpha value is -0.650. The Morgan fingerprint density at radius 3 is 2.95 bits per heavy atom. The lowest BCUT2D eigenvalue weighted by Gasteiger charge is -2.28. The van der Waals surface area contributed by atoms with Crippen LogP contribution in [0.3, 0.4) is 0 Å². The van der Waals surface area contributed by atoms with Gasteiger partial charge in [0.25, 0.3) is 0 Å². The number of nitrogens with zero attached hydrogens (tertiary/aromatic N) is 1. The van der Waals surface area contributed by atoms with Gasteiger partial charge in [0.2, 0.25) is 0 Å². The van der Waals surface area contributed by atoms with Gasteiger partial charge in [0.05, 0.1) is 10.9 Å². The molecule has 1 aromatic heterocycles. The maximum absolute atomic E-state index is 5.86. The number of hydrogen-bond acceptors (Lipinski definition) is 5. The second-order valence-electron chi connectivity index (χ2n) is 4.81. The van der Waals surface area contributed by atoms with Gasteiger partial charge in [-0.05, 0) is 18.6 Å². The number of aromatic nitrogens is 1. The minimum atomic E-state index is 0.554. The van der Waals surface area contributed by atoms with Crippen LogP contribution < -0.4 is 5.73 Å². The summed E-state index contributed by atoms with van der Waals surface area (Å²) in [5.41, 5.74) is 8.83. The molecule has 1 fully saturated rings. The largest absolute Gasteiger partial charge is 0.399 e. The van der Waals surface area contributed by atoms with Crippen molar-refractivity contribution in [3.63, 3.8) is 0 Å². The molecule has 5 heteroatoms. The van der Waals surface area contributed by atoms with Crippen LogP contribution in [0.4, 0.5) is 5.69 Å². The van der Waals surface area contributed by atoms with Gasteiger partial charge in [-0.25, -0.2) is 4.98 Å². The van der Waals surface area contributed by atoms with Crippen molar-refractivity contribution in [2.75, 3.05) is 17.2 Å². The van der Waals surface area contributed by atoms with Gasteiger partial charge in [-0.3, -0.25) is 0 Å². The van der Waals surface area contributed by atoms with Gasteiger partial charge in [0.1, 0.15) is 5.01 Å². The highest BCUT2D eigenvalue weighted by atomic mass is 32.2. The quantitative estimate of drug-likeness (QED) is 0.832. The zero-order valence-corrected chi connectivity index (χ0v) is 13.9. The second-order valence-corrected chi connectivity index (χ2v) is 8.29. The third-order valence-electron chi connectivity index (χ3n) is 3.40. The molecule has 0 bridgehead atoms. The SMILES string of the molecule is CCC1SCCSC1c1nc(-c2cccc(N)c2)cs1. The molecule has 2 aromatic rings. The van der Waals surface area contributed by atoms with E-state index in [1.54, 1.807) is 11.3 Å². The van der Waals surface area contributed by atoms with Gasteiger partial charge in [0, 0.05) is 33.4 Å². The summed E-state index contributed by atoms with van der Waals surface area (Å²) >= 11 is 5.95. The van der Waals surface area contributed by atoms with Crippen molar-refractivity contribution in [3.05, 3.63) is 34.7 Å². The van der Waals surface area contributed by atoms with E-state index < -0.39 is 0 Å². The average Bonchev–Trinajstić information content (AvgIpc) is 2.97. The predicted molar refractivity (Wildman–Crippen MR) is 93.7 cm³/mol. The summed E-state index contributed by atoms with van der Waals surface area (Å²) in [7, 11) is 0. The molecule has 20 heavy (non-hydrogen) atoms. The summed E-state index contributed by atoms with van der Waals surface area (Å²) in [4.78, 5) is 4.87. The van der Waals surface area contributed by atoms with Gasteiger partial charge in [-0.2, -0.15) is 11.8 Å². The number of benzene rings is 1. The van der Waals surface area contributed by atoms with E-state index in [0.717, 1.165) is 16.9 Å². The minimum absolute atomic E-state index is 0.554. The van der Waals surface area contributed by atoms with Crippen LogP contribution >= 0.6 is 34.9 Å². The maximum atomic E-state index is 5.86. The Morgan fingerprint density at radius 2 is 2.15 bits per heavy atom. The van der Waals surface area contributed by atoms with Crippen LogP contribution in [0.2, 0.25) is 0 Å². The lowest BCUT2D eigenvalue weighted by Crippen LogP contribution is -2.18. The Labute approximate surface area is 132 Å². The van der Waals surface area contributed by atoms with Crippen molar-refractivity contribution in [2.24, 2.45) is 0 Å². The minimum Gasteiger partial charge on any atom is -0.399 e. The molecule has 2 N–H and O–H groups in total. The Balaban J connectivity index is 1.86. The summed E-state index contributed by atoms with van der Waals surface area (Å²) in [6.45, 7) is 2.28. The summed E-state index contributed by atoms with van der Waals surface area (Å²) in [6, 6.07) is 7.98. The molecule has 1 aromatic carbocycles. The lowest BCUT2D eigenvalue weighted by atomic mass is 10.1. The van der Waals surface area contributed by atoms with Gasteiger partial charge >= 0.3 is 0 Å². The molecule has 2 atom stereocenters. The Morgan fingerprint density at radius 1 is 1.30 bits per heavy atom. The standard InChI is InChI=1S/C15H18N2S3/c1-2-13-14(19-7-6-18-13)15-17-12(9-20-15)10-4-3-5-11(16)8-10/h3-5,8-9,13-14H,2,6-7,16H2,1H3. The Bertz CT molecular complexity index is 582. The van der Waals surface area contributed by atoms with Crippen LogP contribution in [0.25, 0.3) is 11.3 Å². The van der Waals surface area contributed by atoms with Gasteiger partial charge in [0.15, 0.2) is 0 Å². The summed E-state index contributed by atoms with van der Waals surface area (Å²) in [5, 5.41) is 4.69. The smallest absolute Gasteiger partial charge is 0.107 e. The molecule has 3 rings (SSSR count). The van der Waals surface area contributed by atoms with E-state index in [2.05, 4.69) is 41.9 Å². The number of thioether (sulfide) groups is 2. The molecular formula is C15H18N2S3. The summed E-state index contributed by atoms with van der Waals surface area (Å²) in [6.07, 6.45) is 1.22. The van der Waals surface area contributed by atoms with Gasteiger partial charge in [-0.1, -0.05) is 19.1 Å². The summed E-state index contributed by atoms with van der Waals surface area (Å²) < 4.78 is 0. The first-order chi connectivity index (χ1) is 9.78. The van der Waals surface area contributed by atoms with E-state index in [9.17, 15) is 0 Å². The van der Waals surface area contributed by atoms with Gasteiger partial charge < -0.3 is 5.73 Å². The highest BCUT2D eigenvalue weighted by molar-refractivity contribution is 8.06. The van der Waals surface area contributed by atoms with Crippen molar-refractivity contribution < 1.29 is 0 Å². The van der Waals surface area contributed by atoms with Crippen molar-refractivity contribution in [1.29, 1.82) is 0 Å². The zero-order chi connectivity index (χ0) is 13.9. The monoisotopic (exact) mass is 322 g/mol. The molecule has 0 spiro atoms. The first kappa shape index (κ1) is 14.3. The molecular weight excluding hydrogens is 304 g/mol. The van der Waals surface area contributed by atoms with Crippen LogP contribution in [0, 0.1) is 0 Å². The second kappa shape index (κ2) is 6.41. The van der Waals surface area contributed by atoms with Crippen LogP contribution in [0.15, 0.2) is 29.6 Å². The number of thiazole rings is 1. The first-order valence-corrected chi connectivity index (χ1v) is 9.80. The van der Waals surface area contributed by atoms with Crippen molar-refractivity contribution in [1.82, 2.24) is 4.98 Å². The van der Waals surface area contributed by atoms with Crippen molar-refractivity contribution >= 4 is 40.5 Å². The number of nitrogens with two attached hydrogens (primary N) is 1. The molecule has 106 valence electrons. The molecule has 1 aliphatic rings. The van der Waals surface area contributed by atoms with E-state index in [-0.39, 0.29) is 0 Å². The highest BCUT2D eigenvalue weighted by Gasteiger charge is 2.28. The van der Waals surface area contributed by atoms with Crippen molar-refractivity contribution in [2.45, 2.75) is 23.8 Å².